The highest BCUT2D eigenvalue weighted by Crippen LogP contribution is 2.29. The van der Waals surface area contributed by atoms with Crippen molar-refractivity contribution in [3.8, 4) is 17.3 Å². The lowest BCUT2D eigenvalue weighted by molar-refractivity contribution is 0.0952. The molecule has 0 radical (unpaired) electrons. The standard InChI is InChI=1S/C17H18N4O2/c1-11(12-6-4-3-5-7-12)23-14-10-13(16-19-8-9-20-16)21-15(14)17(22)18-2/h3-11,21H,1-2H3,(H,18,22)(H,19,20)/t11-/m1/s1. The van der Waals surface area contributed by atoms with Crippen molar-refractivity contribution in [1.82, 2.24) is 20.3 Å². The summed E-state index contributed by atoms with van der Waals surface area (Å²) in [5, 5.41) is 2.61. The third-order valence-corrected chi connectivity index (χ3v) is 3.56. The Morgan fingerprint density at radius 1 is 1.30 bits per heavy atom. The smallest absolute Gasteiger partial charge is 0.271 e. The number of hydrogen-bond donors (Lipinski definition) is 3. The van der Waals surface area contributed by atoms with Crippen LogP contribution in [0.15, 0.2) is 48.8 Å². The van der Waals surface area contributed by atoms with Gasteiger partial charge < -0.3 is 20.0 Å². The van der Waals surface area contributed by atoms with Crippen LogP contribution in [0, 0.1) is 0 Å². The summed E-state index contributed by atoms with van der Waals surface area (Å²) < 4.78 is 6.00. The SMILES string of the molecule is CNC(=O)c1[nH]c(-c2ncc[nH]2)cc1O[C@H](C)c1ccccc1. The first-order valence-electron chi connectivity index (χ1n) is 7.35. The number of carbonyl (C=O) groups excluding carboxylic acids is 1. The number of hydrogen-bond acceptors (Lipinski definition) is 3. The van der Waals surface area contributed by atoms with E-state index in [2.05, 4.69) is 20.3 Å². The Balaban J connectivity index is 1.92. The number of H-pyrrole nitrogens is 2. The molecule has 0 saturated heterocycles. The summed E-state index contributed by atoms with van der Waals surface area (Å²) in [6.45, 7) is 1.95. The van der Waals surface area contributed by atoms with Crippen molar-refractivity contribution in [1.29, 1.82) is 0 Å². The van der Waals surface area contributed by atoms with E-state index in [0.29, 0.717) is 23.0 Å². The van der Waals surface area contributed by atoms with Crippen LogP contribution in [0.3, 0.4) is 0 Å². The second kappa shape index (κ2) is 6.39. The molecule has 0 spiro atoms. The Morgan fingerprint density at radius 2 is 2.09 bits per heavy atom. The average Bonchev–Trinajstić information content (AvgIpc) is 3.24. The number of benzene rings is 1. The normalized spacial score (nSPS) is 11.9. The number of rotatable bonds is 5. The molecule has 2 aromatic heterocycles. The maximum atomic E-state index is 12.1. The lowest BCUT2D eigenvalue weighted by atomic mass is 10.1. The van der Waals surface area contributed by atoms with Crippen molar-refractivity contribution in [2.45, 2.75) is 13.0 Å². The molecule has 3 aromatic rings. The van der Waals surface area contributed by atoms with E-state index in [4.69, 9.17) is 4.74 Å². The van der Waals surface area contributed by atoms with Gasteiger partial charge in [-0.2, -0.15) is 0 Å². The van der Waals surface area contributed by atoms with Crippen LogP contribution in [-0.4, -0.2) is 27.9 Å². The van der Waals surface area contributed by atoms with Gasteiger partial charge in [-0.3, -0.25) is 4.79 Å². The lowest BCUT2D eigenvalue weighted by Gasteiger charge is -2.14. The average molecular weight is 310 g/mol. The van der Waals surface area contributed by atoms with Gasteiger partial charge in [-0.25, -0.2) is 4.98 Å². The van der Waals surface area contributed by atoms with Gasteiger partial charge >= 0.3 is 0 Å². The molecule has 1 amide bonds. The van der Waals surface area contributed by atoms with Gasteiger partial charge in [0.2, 0.25) is 0 Å². The van der Waals surface area contributed by atoms with Gasteiger partial charge in [-0.15, -0.1) is 0 Å². The quantitative estimate of drug-likeness (QED) is 0.677. The minimum absolute atomic E-state index is 0.181. The van der Waals surface area contributed by atoms with Crippen molar-refractivity contribution < 1.29 is 9.53 Å². The number of aromatic amines is 2. The van der Waals surface area contributed by atoms with Gasteiger partial charge in [0, 0.05) is 25.5 Å². The molecule has 6 nitrogen and oxygen atoms in total. The van der Waals surface area contributed by atoms with Crippen LogP contribution in [0.5, 0.6) is 5.75 Å². The fourth-order valence-corrected chi connectivity index (χ4v) is 2.34. The van der Waals surface area contributed by atoms with Crippen LogP contribution >= 0.6 is 0 Å². The van der Waals surface area contributed by atoms with Crippen molar-refractivity contribution in [3.63, 3.8) is 0 Å². The molecule has 23 heavy (non-hydrogen) atoms. The van der Waals surface area contributed by atoms with Crippen LogP contribution in [0.1, 0.15) is 29.1 Å². The summed E-state index contributed by atoms with van der Waals surface area (Å²) in [4.78, 5) is 22.3. The third-order valence-electron chi connectivity index (χ3n) is 3.56. The number of nitrogens with one attached hydrogen (secondary N) is 3. The Bertz CT molecular complexity index is 778. The molecular formula is C17H18N4O2. The number of nitrogens with zero attached hydrogens (tertiary/aromatic N) is 1. The van der Waals surface area contributed by atoms with Crippen LogP contribution in [0.2, 0.25) is 0 Å². The minimum atomic E-state index is -0.238. The molecule has 3 rings (SSSR count). The second-order valence-electron chi connectivity index (χ2n) is 5.11. The summed E-state index contributed by atoms with van der Waals surface area (Å²) in [5.41, 5.74) is 2.11. The molecule has 1 atom stereocenters. The Kier molecular flexibility index (Phi) is 4.14. The summed E-state index contributed by atoms with van der Waals surface area (Å²) in [5.74, 6) is 0.905. The first-order valence-corrected chi connectivity index (χ1v) is 7.35. The van der Waals surface area contributed by atoms with Gasteiger partial charge in [0.05, 0.1) is 5.69 Å². The monoisotopic (exact) mass is 310 g/mol. The Morgan fingerprint density at radius 3 is 2.74 bits per heavy atom. The van der Waals surface area contributed by atoms with Gasteiger partial charge in [0.15, 0.2) is 11.6 Å². The van der Waals surface area contributed by atoms with E-state index in [-0.39, 0.29) is 12.0 Å². The van der Waals surface area contributed by atoms with Crippen molar-refractivity contribution in [2.24, 2.45) is 0 Å². The van der Waals surface area contributed by atoms with Gasteiger partial charge in [-0.1, -0.05) is 30.3 Å². The first kappa shape index (κ1) is 14.9. The molecule has 3 N–H and O–H groups in total. The fourth-order valence-electron chi connectivity index (χ4n) is 2.34. The molecule has 0 aliphatic heterocycles. The van der Waals surface area contributed by atoms with E-state index in [1.165, 1.54) is 0 Å². The summed E-state index contributed by atoms with van der Waals surface area (Å²) in [6, 6.07) is 11.6. The maximum absolute atomic E-state index is 12.1. The van der Waals surface area contributed by atoms with Crippen LogP contribution in [-0.2, 0) is 0 Å². The molecule has 0 unspecified atom stereocenters. The van der Waals surface area contributed by atoms with Gasteiger partial charge in [0.25, 0.3) is 5.91 Å². The highest BCUT2D eigenvalue weighted by atomic mass is 16.5. The molecule has 0 aliphatic rings. The minimum Gasteiger partial charge on any atom is -0.484 e. The largest absolute Gasteiger partial charge is 0.484 e. The molecule has 0 fully saturated rings. The van der Waals surface area contributed by atoms with Crippen molar-refractivity contribution >= 4 is 5.91 Å². The number of imidazole rings is 1. The van der Waals surface area contributed by atoms with E-state index in [0.717, 1.165) is 5.56 Å². The zero-order chi connectivity index (χ0) is 16.2. The molecular weight excluding hydrogens is 292 g/mol. The van der Waals surface area contributed by atoms with Gasteiger partial charge in [-0.05, 0) is 12.5 Å². The lowest BCUT2D eigenvalue weighted by Crippen LogP contribution is -2.19. The summed E-state index contributed by atoms with van der Waals surface area (Å²) >= 11 is 0. The van der Waals surface area contributed by atoms with E-state index in [1.807, 2.05) is 37.3 Å². The first-order chi connectivity index (χ1) is 11.2. The summed E-state index contributed by atoms with van der Waals surface area (Å²) in [6.07, 6.45) is 3.20. The number of ether oxygens (including phenoxy) is 1. The molecule has 0 bridgehead atoms. The molecule has 2 heterocycles. The number of amides is 1. The maximum Gasteiger partial charge on any atom is 0.271 e. The molecule has 0 aliphatic carbocycles. The molecule has 118 valence electrons. The highest BCUT2D eigenvalue weighted by molar-refractivity contribution is 5.96. The second-order valence-corrected chi connectivity index (χ2v) is 5.11. The van der Waals surface area contributed by atoms with E-state index >= 15 is 0 Å². The fraction of sp³-hybridized carbons (Fsp3) is 0.176. The molecule has 6 heteroatoms. The number of aromatic nitrogens is 3. The van der Waals surface area contributed by atoms with Crippen molar-refractivity contribution in [2.75, 3.05) is 7.05 Å². The zero-order valence-corrected chi connectivity index (χ0v) is 13.0. The predicted octanol–water partition coefficient (Wildman–Crippen LogP) is 2.90. The van der Waals surface area contributed by atoms with Gasteiger partial charge in [0.1, 0.15) is 11.8 Å². The van der Waals surface area contributed by atoms with E-state index in [9.17, 15) is 4.79 Å². The number of carbonyl (C=O) groups is 1. The third kappa shape index (κ3) is 3.11. The topological polar surface area (TPSA) is 82.8 Å². The van der Waals surface area contributed by atoms with Crippen molar-refractivity contribution in [3.05, 3.63) is 60.0 Å². The Hall–Kier alpha value is -3.02. The summed E-state index contributed by atoms with van der Waals surface area (Å²) in [7, 11) is 1.58. The van der Waals surface area contributed by atoms with Crippen LogP contribution < -0.4 is 10.1 Å². The zero-order valence-electron chi connectivity index (χ0n) is 13.0. The Labute approximate surface area is 133 Å². The highest BCUT2D eigenvalue weighted by Gasteiger charge is 2.19. The van der Waals surface area contributed by atoms with Crippen LogP contribution in [0.4, 0.5) is 0 Å². The molecule has 1 aromatic carbocycles. The van der Waals surface area contributed by atoms with E-state index in [1.54, 1.807) is 25.5 Å². The molecule has 0 saturated carbocycles. The van der Waals surface area contributed by atoms with Crippen LogP contribution in [0.25, 0.3) is 11.5 Å². The van der Waals surface area contributed by atoms with E-state index < -0.39 is 0 Å². The predicted molar refractivity (Wildman–Crippen MR) is 87.2 cm³/mol.